The Morgan fingerprint density at radius 1 is 0.806 bits per heavy atom. The summed E-state index contributed by atoms with van der Waals surface area (Å²) >= 11 is 0. The molecule has 2 saturated heterocycles. The summed E-state index contributed by atoms with van der Waals surface area (Å²) < 4.78 is 33.1. The van der Waals surface area contributed by atoms with Gasteiger partial charge in [0.15, 0.2) is 6.29 Å². The number of benzene rings is 1. The molecule has 0 saturated carbocycles. The molecule has 6 N–H and O–H groups in total. The molecule has 4 heterocycles. The highest BCUT2D eigenvalue weighted by Gasteiger charge is 2.47. The molecule has 0 spiro atoms. The molecular weight excluding hydrogens is 484 g/mol. The van der Waals surface area contributed by atoms with Crippen molar-refractivity contribution in [2.75, 3.05) is 6.61 Å². The minimum Gasteiger partial charge on any atom is -0.464 e. The zero-order chi connectivity index (χ0) is 25.7. The van der Waals surface area contributed by atoms with E-state index in [0.29, 0.717) is 16.4 Å². The van der Waals surface area contributed by atoms with Crippen molar-refractivity contribution >= 4 is 21.9 Å². The van der Waals surface area contributed by atoms with Crippen LogP contribution in [0.4, 0.5) is 0 Å². The minimum absolute atomic E-state index is 0.143. The van der Waals surface area contributed by atoms with Crippen molar-refractivity contribution in [3.8, 4) is 5.75 Å². The monoisotopic (exact) mass is 510 g/mol. The van der Waals surface area contributed by atoms with E-state index < -0.39 is 73.6 Å². The summed E-state index contributed by atoms with van der Waals surface area (Å²) in [5.41, 5.74) is -0.108. The lowest BCUT2D eigenvalue weighted by atomic mass is 9.98. The van der Waals surface area contributed by atoms with Crippen molar-refractivity contribution in [2.24, 2.45) is 0 Å². The van der Waals surface area contributed by atoms with Gasteiger partial charge in [-0.1, -0.05) is 0 Å². The van der Waals surface area contributed by atoms with Crippen molar-refractivity contribution in [1.82, 2.24) is 0 Å². The smallest absolute Gasteiger partial charge is 0.336 e. The van der Waals surface area contributed by atoms with Crippen molar-refractivity contribution in [3.05, 3.63) is 40.9 Å². The summed E-state index contributed by atoms with van der Waals surface area (Å²) in [6, 6.07) is 5.76. The highest BCUT2D eigenvalue weighted by Crippen LogP contribution is 2.37. The van der Waals surface area contributed by atoms with Gasteiger partial charge in [-0.15, -0.1) is 0 Å². The second-order valence-electron chi connectivity index (χ2n) is 8.85. The summed E-state index contributed by atoms with van der Waals surface area (Å²) in [6.07, 6.45) is -13.0. The van der Waals surface area contributed by atoms with Crippen molar-refractivity contribution in [1.29, 1.82) is 0 Å². The number of furan rings is 1. The molecule has 2 aliphatic rings. The second kappa shape index (κ2) is 9.70. The van der Waals surface area contributed by atoms with Gasteiger partial charge in [0.2, 0.25) is 6.29 Å². The van der Waals surface area contributed by atoms with Crippen LogP contribution in [0.25, 0.3) is 21.9 Å². The predicted molar refractivity (Wildman–Crippen MR) is 118 cm³/mol. The number of ether oxygens (including phenoxy) is 4. The van der Waals surface area contributed by atoms with Crippen LogP contribution in [0.15, 0.2) is 44.2 Å². The van der Waals surface area contributed by atoms with Crippen LogP contribution in [-0.4, -0.2) is 98.7 Å². The van der Waals surface area contributed by atoms with Crippen LogP contribution < -0.4 is 10.4 Å². The lowest BCUT2D eigenvalue weighted by Crippen LogP contribution is -2.61. The fourth-order valence-electron chi connectivity index (χ4n) is 4.35. The summed E-state index contributed by atoms with van der Waals surface area (Å²) in [4.78, 5) is 11.7. The minimum atomic E-state index is -1.70. The van der Waals surface area contributed by atoms with E-state index in [0.717, 1.165) is 0 Å². The Hall–Kier alpha value is -2.59. The normalized spacial score (nSPS) is 37.4. The van der Waals surface area contributed by atoms with Gasteiger partial charge in [-0.3, -0.25) is 0 Å². The lowest BCUT2D eigenvalue weighted by molar-refractivity contribution is -0.318. The van der Waals surface area contributed by atoms with Crippen molar-refractivity contribution in [2.45, 2.75) is 68.3 Å². The maximum Gasteiger partial charge on any atom is 0.336 e. The van der Waals surface area contributed by atoms with Gasteiger partial charge >= 0.3 is 5.63 Å². The Bertz CT molecular complexity index is 1270. The van der Waals surface area contributed by atoms with Gasteiger partial charge in [0, 0.05) is 12.1 Å². The standard InChI is InChI=1S/C23H26O13/c1-8-15(25)17(27)19(29)22(33-8)32-7-13-16(26)18(28)20(30)23(35-13)36-21-9-2-3-14(24)34-12(9)6-11-10(21)4-5-31-11/h2-6,8,13,15-20,22-23,25-30H,7H2,1H3. The van der Waals surface area contributed by atoms with E-state index in [2.05, 4.69) is 0 Å². The van der Waals surface area contributed by atoms with E-state index in [1.807, 2.05) is 0 Å². The molecule has 36 heavy (non-hydrogen) atoms. The van der Waals surface area contributed by atoms with E-state index in [1.54, 1.807) is 6.07 Å². The van der Waals surface area contributed by atoms with Gasteiger partial charge in [0.05, 0.1) is 29.7 Å². The predicted octanol–water partition coefficient (Wildman–Crippen LogP) is -1.43. The molecule has 5 rings (SSSR count). The largest absolute Gasteiger partial charge is 0.464 e. The van der Waals surface area contributed by atoms with Crippen molar-refractivity contribution in [3.63, 3.8) is 0 Å². The average molecular weight is 510 g/mol. The highest BCUT2D eigenvalue weighted by atomic mass is 16.7. The van der Waals surface area contributed by atoms with Crippen LogP contribution in [-0.2, 0) is 14.2 Å². The highest BCUT2D eigenvalue weighted by molar-refractivity contribution is 6.01. The Morgan fingerprint density at radius 2 is 1.50 bits per heavy atom. The van der Waals surface area contributed by atoms with E-state index in [1.165, 1.54) is 31.4 Å². The molecule has 0 bridgehead atoms. The topological polar surface area (TPSA) is 202 Å². The first-order valence-electron chi connectivity index (χ1n) is 11.3. The summed E-state index contributed by atoms with van der Waals surface area (Å²) in [5.74, 6) is 0.143. The first kappa shape index (κ1) is 25.1. The maximum absolute atomic E-state index is 11.7. The Labute approximate surface area is 202 Å². The summed E-state index contributed by atoms with van der Waals surface area (Å²) in [7, 11) is 0. The summed E-state index contributed by atoms with van der Waals surface area (Å²) in [6.45, 7) is 1.04. The van der Waals surface area contributed by atoms with E-state index in [9.17, 15) is 35.4 Å². The number of fused-ring (bicyclic) bond motifs is 2. The van der Waals surface area contributed by atoms with Gasteiger partial charge in [0.1, 0.15) is 59.6 Å². The molecule has 0 radical (unpaired) electrons. The molecule has 2 aliphatic heterocycles. The molecule has 2 fully saturated rings. The molecule has 1 aromatic carbocycles. The molecule has 13 heteroatoms. The molecule has 13 nitrogen and oxygen atoms in total. The fourth-order valence-corrected chi connectivity index (χ4v) is 4.35. The number of hydrogen-bond donors (Lipinski definition) is 6. The zero-order valence-corrected chi connectivity index (χ0v) is 18.9. The van der Waals surface area contributed by atoms with Crippen LogP contribution in [0.2, 0.25) is 0 Å². The first-order chi connectivity index (χ1) is 17.2. The molecule has 0 amide bonds. The summed E-state index contributed by atoms with van der Waals surface area (Å²) in [5, 5.41) is 62.2. The van der Waals surface area contributed by atoms with Crippen molar-refractivity contribution < 1.29 is 58.4 Å². The Morgan fingerprint density at radius 3 is 2.28 bits per heavy atom. The SMILES string of the molecule is CC1OC(OCC2OC(Oc3c4ccoc4cc4oc(=O)ccc34)C(O)C(O)C2O)C(O)C(O)C1O. The van der Waals surface area contributed by atoms with Crippen LogP contribution in [0.3, 0.4) is 0 Å². The van der Waals surface area contributed by atoms with Gasteiger partial charge in [-0.05, 0) is 19.1 Å². The van der Waals surface area contributed by atoms with E-state index in [4.69, 9.17) is 27.8 Å². The molecule has 2 aromatic heterocycles. The molecule has 10 atom stereocenters. The third-order valence-corrected chi connectivity index (χ3v) is 6.44. The third-order valence-electron chi connectivity index (χ3n) is 6.44. The number of hydrogen-bond acceptors (Lipinski definition) is 13. The fraction of sp³-hybridized carbons (Fsp3) is 0.522. The zero-order valence-electron chi connectivity index (χ0n) is 18.9. The van der Waals surface area contributed by atoms with Crippen LogP contribution in [0.1, 0.15) is 6.92 Å². The van der Waals surface area contributed by atoms with Crippen LogP contribution in [0.5, 0.6) is 5.75 Å². The maximum atomic E-state index is 11.7. The van der Waals surface area contributed by atoms with Crippen LogP contribution in [0, 0.1) is 0 Å². The molecule has 10 unspecified atom stereocenters. The first-order valence-corrected chi connectivity index (χ1v) is 11.3. The lowest BCUT2D eigenvalue weighted by Gasteiger charge is -2.42. The van der Waals surface area contributed by atoms with Gasteiger partial charge in [-0.25, -0.2) is 4.79 Å². The number of rotatable bonds is 5. The number of aliphatic hydroxyl groups is 6. The van der Waals surface area contributed by atoms with Crippen LogP contribution >= 0.6 is 0 Å². The number of aliphatic hydroxyl groups excluding tert-OH is 6. The van der Waals surface area contributed by atoms with E-state index >= 15 is 0 Å². The molecule has 0 aliphatic carbocycles. The third kappa shape index (κ3) is 4.38. The van der Waals surface area contributed by atoms with E-state index in [-0.39, 0.29) is 11.3 Å². The average Bonchev–Trinajstić information content (AvgIpc) is 3.33. The van der Waals surface area contributed by atoms with Gasteiger partial charge in [0.25, 0.3) is 0 Å². The Balaban J connectivity index is 1.38. The quantitative estimate of drug-likeness (QED) is 0.218. The second-order valence-corrected chi connectivity index (χ2v) is 8.85. The van der Waals surface area contributed by atoms with Gasteiger partial charge in [-0.2, -0.15) is 0 Å². The molecular formula is C23H26O13. The Kier molecular flexibility index (Phi) is 6.76. The molecule has 196 valence electrons. The molecule has 3 aromatic rings. The van der Waals surface area contributed by atoms with Gasteiger partial charge < -0.3 is 58.4 Å².